The molecule has 0 fully saturated rings. The van der Waals surface area contributed by atoms with Crippen LogP contribution in [0.5, 0.6) is 0 Å². The fraction of sp³-hybridized carbons (Fsp3) is 0.200. The van der Waals surface area contributed by atoms with Crippen LogP contribution in [0.4, 0.5) is 0 Å². The quantitative estimate of drug-likeness (QED) is 0.694. The van der Waals surface area contributed by atoms with Crippen molar-refractivity contribution >= 4 is 16.6 Å². The molecule has 0 radical (unpaired) electrons. The molecule has 1 aliphatic rings. The number of H-pyrrole nitrogens is 1. The summed E-state index contributed by atoms with van der Waals surface area (Å²) in [6, 6.07) is 14.8. The summed E-state index contributed by atoms with van der Waals surface area (Å²) in [5.74, 6) is 0. The van der Waals surface area contributed by atoms with Crippen LogP contribution >= 0.6 is 0 Å². The van der Waals surface area contributed by atoms with Crippen LogP contribution < -0.4 is 5.32 Å². The van der Waals surface area contributed by atoms with Gasteiger partial charge in [0.2, 0.25) is 0 Å². The molecular weight excluding hydrogens is 284 g/mol. The Balaban J connectivity index is 1.94. The van der Waals surface area contributed by atoms with E-state index < -0.39 is 0 Å². The first-order valence-corrected chi connectivity index (χ1v) is 8.05. The Morgan fingerprint density at radius 3 is 2.87 bits per heavy atom. The summed E-state index contributed by atoms with van der Waals surface area (Å²) in [6.07, 6.45) is 1.66. The summed E-state index contributed by atoms with van der Waals surface area (Å²) in [5.41, 5.74) is 8.21. The lowest BCUT2D eigenvalue weighted by Crippen LogP contribution is -2.12. The number of aliphatic hydroxyl groups excluding tert-OH is 1. The first-order valence-electron chi connectivity index (χ1n) is 8.05. The van der Waals surface area contributed by atoms with Crippen molar-refractivity contribution in [3.05, 3.63) is 65.7 Å². The van der Waals surface area contributed by atoms with E-state index in [9.17, 15) is 5.11 Å². The number of benzene rings is 2. The van der Waals surface area contributed by atoms with E-state index in [0.29, 0.717) is 6.42 Å². The van der Waals surface area contributed by atoms with E-state index in [1.807, 2.05) is 0 Å². The van der Waals surface area contributed by atoms with Gasteiger partial charge >= 0.3 is 0 Å². The summed E-state index contributed by atoms with van der Waals surface area (Å²) in [6.45, 7) is 5.24. The lowest BCUT2D eigenvalue weighted by atomic mass is 9.98. The van der Waals surface area contributed by atoms with E-state index in [4.69, 9.17) is 0 Å². The third-order valence-corrected chi connectivity index (χ3v) is 4.58. The van der Waals surface area contributed by atoms with Crippen molar-refractivity contribution in [1.29, 1.82) is 0 Å². The molecule has 0 bridgehead atoms. The summed E-state index contributed by atoms with van der Waals surface area (Å²) >= 11 is 0. The highest BCUT2D eigenvalue weighted by molar-refractivity contribution is 5.99. The summed E-state index contributed by atoms with van der Waals surface area (Å²) in [4.78, 5) is 3.60. The Morgan fingerprint density at radius 1 is 1.13 bits per heavy atom. The standard InChI is InChI=1S/C20H20N2O/c1-13-16-6-3-7-18-19(16)17(8-10-21-13)20(22-18)15-5-2-4-14(12-15)9-11-23/h2-7,12,21-23H,1,8-11H2. The third kappa shape index (κ3) is 2.34. The average Bonchev–Trinajstić information content (AvgIpc) is 2.85. The number of rotatable bonds is 3. The minimum absolute atomic E-state index is 0.177. The van der Waals surface area contributed by atoms with Crippen molar-refractivity contribution < 1.29 is 5.11 Å². The monoisotopic (exact) mass is 304 g/mol. The maximum absolute atomic E-state index is 9.18. The highest BCUT2D eigenvalue weighted by atomic mass is 16.2. The molecule has 1 aliphatic heterocycles. The van der Waals surface area contributed by atoms with E-state index in [-0.39, 0.29) is 6.61 Å². The van der Waals surface area contributed by atoms with Gasteiger partial charge in [-0.25, -0.2) is 0 Å². The van der Waals surface area contributed by atoms with Crippen LogP contribution in [0.25, 0.3) is 27.9 Å². The fourth-order valence-corrected chi connectivity index (χ4v) is 3.51. The molecule has 3 heteroatoms. The van der Waals surface area contributed by atoms with Crippen LogP contribution in [0.15, 0.2) is 49.0 Å². The highest BCUT2D eigenvalue weighted by Gasteiger charge is 2.19. The van der Waals surface area contributed by atoms with Crippen molar-refractivity contribution in [2.45, 2.75) is 12.8 Å². The molecule has 3 aromatic rings. The first kappa shape index (κ1) is 14.1. The van der Waals surface area contributed by atoms with Gasteiger partial charge in [0.1, 0.15) is 0 Å². The van der Waals surface area contributed by atoms with Gasteiger partial charge in [-0.3, -0.25) is 0 Å². The maximum Gasteiger partial charge on any atom is 0.0498 e. The van der Waals surface area contributed by atoms with Gasteiger partial charge < -0.3 is 15.4 Å². The summed E-state index contributed by atoms with van der Waals surface area (Å²) in [5, 5.41) is 13.9. The van der Waals surface area contributed by atoms with Gasteiger partial charge in [0, 0.05) is 41.0 Å². The second kappa shape index (κ2) is 5.60. The molecule has 0 saturated carbocycles. The van der Waals surface area contributed by atoms with Crippen molar-refractivity contribution in [3.63, 3.8) is 0 Å². The molecule has 2 aromatic carbocycles. The second-order valence-electron chi connectivity index (χ2n) is 6.04. The molecule has 0 amide bonds. The minimum atomic E-state index is 0.177. The van der Waals surface area contributed by atoms with E-state index in [0.717, 1.165) is 29.7 Å². The Kier molecular flexibility index (Phi) is 3.43. The molecule has 2 heterocycles. The van der Waals surface area contributed by atoms with Crippen LogP contribution in [-0.4, -0.2) is 23.2 Å². The zero-order valence-corrected chi connectivity index (χ0v) is 13.0. The van der Waals surface area contributed by atoms with E-state index in [2.05, 4.69) is 59.3 Å². The average molecular weight is 304 g/mol. The molecule has 0 spiro atoms. The predicted molar refractivity (Wildman–Crippen MR) is 95.3 cm³/mol. The molecule has 116 valence electrons. The molecule has 3 N–H and O–H groups in total. The fourth-order valence-electron chi connectivity index (χ4n) is 3.51. The number of aliphatic hydroxyl groups is 1. The minimum Gasteiger partial charge on any atom is -0.396 e. The first-order chi connectivity index (χ1) is 11.3. The molecule has 3 nitrogen and oxygen atoms in total. The number of hydrogen-bond donors (Lipinski definition) is 3. The number of hydrogen-bond acceptors (Lipinski definition) is 2. The van der Waals surface area contributed by atoms with Crippen molar-refractivity contribution in [2.24, 2.45) is 0 Å². The van der Waals surface area contributed by atoms with Gasteiger partial charge in [-0.2, -0.15) is 0 Å². The van der Waals surface area contributed by atoms with Crippen LogP contribution in [-0.2, 0) is 12.8 Å². The van der Waals surface area contributed by atoms with Crippen LogP contribution in [0.3, 0.4) is 0 Å². The van der Waals surface area contributed by atoms with Crippen molar-refractivity contribution in [1.82, 2.24) is 10.3 Å². The Bertz CT molecular complexity index is 892. The second-order valence-corrected chi connectivity index (χ2v) is 6.04. The van der Waals surface area contributed by atoms with Crippen LogP contribution in [0, 0.1) is 0 Å². The lowest BCUT2D eigenvalue weighted by molar-refractivity contribution is 0.299. The predicted octanol–water partition coefficient (Wildman–Crippen LogP) is 3.49. The largest absolute Gasteiger partial charge is 0.396 e. The number of aromatic nitrogens is 1. The van der Waals surface area contributed by atoms with Crippen LogP contribution in [0.1, 0.15) is 16.7 Å². The third-order valence-electron chi connectivity index (χ3n) is 4.58. The Hall–Kier alpha value is -2.52. The summed E-state index contributed by atoms with van der Waals surface area (Å²) in [7, 11) is 0. The molecule has 1 aromatic heterocycles. The van der Waals surface area contributed by atoms with Crippen molar-refractivity contribution in [3.8, 4) is 11.3 Å². The van der Waals surface area contributed by atoms with E-state index in [1.54, 1.807) is 0 Å². The highest BCUT2D eigenvalue weighted by Crippen LogP contribution is 2.36. The number of nitrogens with one attached hydrogen (secondary N) is 2. The molecule has 4 rings (SSSR count). The maximum atomic E-state index is 9.18. The van der Waals surface area contributed by atoms with Gasteiger partial charge in [0.05, 0.1) is 0 Å². The number of aromatic amines is 1. The van der Waals surface area contributed by atoms with Gasteiger partial charge in [-0.05, 0) is 41.7 Å². The summed E-state index contributed by atoms with van der Waals surface area (Å²) < 4.78 is 0. The Morgan fingerprint density at radius 2 is 2.00 bits per heavy atom. The molecular formula is C20H20N2O. The molecule has 23 heavy (non-hydrogen) atoms. The van der Waals surface area contributed by atoms with Gasteiger partial charge in [0.15, 0.2) is 0 Å². The topological polar surface area (TPSA) is 48.0 Å². The molecule has 0 unspecified atom stereocenters. The Labute approximate surface area is 135 Å². The molecule has 0 aliphatic carbocycles. The van der Waals surface area contributed by atoms with Gasteiger partial charge in [-0.1, -0.05) is 36.9 Å². The molecule has 0 saturated heterocycles. The molecule has 0 atom stereocenters. The van der Waals surface area contributed by atoms with E-state index in [1.165, 1.54) is 27.8 Å². The van der Waals surface area contributed by atoms with Gasteiger partial charge in [0.25, 0.3) is 0 Å². The zero-order chi connectivity index (χ0) is 15.8. The zero-order valence-electron chi connectivity index (χ0n) is 13.0. The van der Waals surface area contributed by atoms with Gasteiger partial charge in [-0.15, -0.1) is 0 Å². The smallest absolute Gasteiger partial charge is 0.0498 e. The van der Waals surface area contributed by atoms with Crippen molar-refractivity contribution in [2.75, 3.05) is 13.2 Å². The normalized spacial score (nSPS) is 13.9. The van der Waals surface area contributed by atoms with Crippen LogP contribution in [0.2, 0.25) is 0 Å². The lowest BCUT2D eigenvalue weighted by Gasteiger charge is -2.07. The SMILES string of the molecule is C=C1NCCc2c(-c3cccc(CCO)c3)[nH]c3cccc1c23. The van der Waals surface area contributed by atoms with E-state index >= 15 is 0 Å².